The molecule has 1 atom stereocenters. The number of aromatic hydroxyl groups is 1. The summed E-state index contributed by atoms with van der Waals surface area (Å²) in [5.74, 6) is -1.23. The molecule has 8 heteroatoms. The first-order valence-corrected chi connectivity index (χ1v) is 14.7. The van der Waals surface area contributed by atoms with Crippen molar-refractivity contribution in [2.75, 3.05) is 9.80 Å². The number of hydrogen-bond acceptors (Lipinski definition) is 6. The third kappa shape index (κ3) is 5.02. The Bertz CT molecular complexity index is 1850. The first-order valence-electron chi connectivity index (χ1n) is 14.7. The van der Waals surface area contributed by atoms with Gasteiger partial charge in [-0.05, 0) is 84.5 Å². The highest BCUT2D eigenvalue weighted by Gasteiger charge is 2.40. The summed E-state index contributed by atoms with van der Waals surface area (Å²) in [7, 11) is 0. The third-order valence-corrected chi connectivity index (χ3v) is 8.55. The number of ether oxygens (including phenoxy) is 1. The molecule has 0 saturated heterocycles. The molecule has 4 aromatic carbocycles. The lowest BCUT2D eigenvalue weighted by atomic mass is 9.77. The van der Waals surface area contributed by atoms with E-state index in [4.69, 9.17) is 4.74 Å². The molecule has 0 bridgehead atoms. The number of fused-ring (bicyclic) bond motifs is 2. The summed E-state index contributed by atoms with van der Waals surface area (Å²) < 4.78 is 5.78. The number of amides is 4. The molecule has 0 fully saturated rings. The zero-order valence-electron chi connectivity index (χ0n) is 24.8. The predicted molar refractivity (Wildman–Crippen MR) is 167 cm³/mol. The van der Waals surface area contributed by atoms with Gasteiger partial charge in [-0.2, -0.15) is 0 Å². The van der Waals surface area contributed by atoms with Crippen LogP contribution in [0.15, 0.2) is 84.9 Å². The highest BCUT2D eigenvalue weighted by molar-refractivity contribution is 6.36. The van der Waals surface area contributed by atoms with Crippen molar-refractivity contribution in [3.8, 4) is 17.2 Å². The lowest BCUT2D eigenvalue weighted by molar-refractivity contribution is 0.0912. The van der Waals surface area contributed by atoms with Crippen molar-refractivity contribution in [1.29, 1.82) is 0 Å². The molecule has 222 valence electrons. The number of nitrogens with zero attached hydrogens (tertiary/aromatic N) is 2. The lowest BCUT2D eigenvalue weighted by Gasteiger charge is -2.28. The molecule has 0 saturated carbocycles. The van der Waals surface area contributed by atoms with Gasteiger partial charge in [0.05, 0.1) is 33.6 Å². The van der Waals surface area contributed by atoms with Crippen LogP contribution in [0.25, 0.3) is 0 Å². The van der Waals surface area contributed by atoms with E-state index in [1.807, 2.05) is 12.1 Å². The van der Waals surface area contributed by atoms with Gasteiger partial charge in [-0.3, -0.25) is 19.2 Å². The first kappa shape index (κ1) is 28.9. The van der Waals surface area contributed by atoms with Crippen molar-refractivity contribution < 1.29 is 29.0 Å². The minimum atomic E-state index is -0.554. The third-order valence-electron chi connectivity index (χ3n) is 8.55. The highest BCUT2D eigenvalue weighted by atomic mass is 16.5. The monoisotopic (exact) mass is 588 g/mol. The Morgan fingerprint density at radius 3 is 1.84 bits per heavy atom. The van der Waals surface area contributed by atoms with Crippen LogP contribution in [0.3, 0.4) is 0 Å². The number of rotatable bonds is 9. The highest BCUT2D eigenvalue weighted by Crippen LogP contribution is 2.37. The maximum Gasteiger partial charge on any atom is 0.266 e. The van der Waals surface area contributed by atoms with E-state index in [2.05, 4.69) is 20.8 Å². The van der Waals surface area contributed by atoms with Gasteiger partial charge in [-0.1, -0.05) is 51.8 Å². The fraction of sp³-hybridized carbons (Fsp3) is 0.222. The zero-order chi connectivity index (χ0) is 31.2. The smallest absolute Gasteiger partial charge is 0.266 e. The minimum absolute atomic E-state index is 0.0333. The topological polar surface area (TPSA) is 104 Å². The second-order valence-electron chi connectivity index (χ2n) is 11.7. The standard InChI is InChI=1S/C36H32N2O6/c1-4-16-36(3,5-2)21-22-12-14-28-30(17-22)34(42)37(32(28)40)23-8-6-9-24(18-23)38-33(41)29-15-13-27(20-31(29)35(38)43)44-26-11-7-10-25(39)19-26/h6-15,17-20,39H,4-5,16,21H2,1-3H3. The summed E-state index contributed by atoms with van der Waals surface area (Å²) in [6.45, 7) is 6.58. The summed E-state index contributed by atoms with van der Waals surface area (Å²) in [4.78, 5) is 56.0. The average Bonchev–Trinajstić information content (AvgIpc) is 3.40. The normalized spacial score (nSPS) is 15.4. The van der Waals surface area contributed by atoms with Crippen molar-refractivity contribution in [3.63, 3.8) is 0 Å². The van der Waals surface area contributed by atoms with E-state index < -0.39 is 23.6 Å². The molecule has 0 radical (unpaired) electrons. The van der Waals surface area contributed by atoms with Crippen LogP contribution in [0.5, 0.6) is 17.2 Å². The maximum atomic E-state index is 13.6. The van der Waals surface area contributed by atoms with Crippen LogP contribution in [-0.4, -0.2) is 28.7 Å². The Morgan fingerprint density at radius 2 is 1.23 bits per heavy atom. The van der Waals surface area contributed by atoms with Gasteiger partial charge in [-0.25, -0.2) is 9.80 Å². The molecule has 4 aromatic rings. The molecule has 44 heavy (non-hydrogen) atoms. The molecule has 0 aromatic heterocycles. The van der Waals surface area contributed by atoms with Crippen LogP contribution < -0.4 is 14.5 Å². The van der Waals surface area contributed by atoms with Crippen molar-refractivity contribution in [2.24, 2.45) is 5.41 Å². The molecule has 2 aliphatic heterocycles. The van der Waals surface area contributed by atoms with Gasteiger partial charge >= 0.3 is 0 Å². The molecule has 2 heterocycles. The quantitative estimate of drug-likeness (QED) is 0.203. The SMILES string of the molecule is CCCC(C)(CC)Cc1ccc2c(c1)C(=O)N(c1cccc(N3C(=O)c4ccc(Oc5cccc(O)c5)cc4C3=O)c1)C2=O. The number of imide groups is 2. The number of hydrogen-bond donors (Lipinski definition) is 1. The molecule has 2 aliphatic rings. The number of carbonyl (C=O) groups excluding carboxylic acids is 4. The van der Waals surface area contributed by atoms with Crippen molar-refractivity contribution in [2.45, 2.75) is 46.5 Å². The van der Waals surface area contributed by atoms with E-state index in [9.17, 15) is 24.3 Å². The molecule has 0 spiro atoms. The fourth-order valence-corrected chi connectivity index (χ4v) is 6.09. The van der Waals surface area contributed by atoms with Crippen molar-refractivity contribution in [1.82, 2.24) is 0 Å². The van der Waals surface area contributed by atoms with E-state index in [1.165, 1.54) is 30.3 Å². The largest absolute Gasteiger partial charge is 0.508 e. The summed E-state index contributed by atoms with van der Waals surface area (Å²) in [6, 6.07) is 22.6. The van der Waals surface area contributed by atoms with Crippen LogP contribution in [0, 0.1) is 5.41 Å². The van der Waals surface area contributed by atoms with Gasteiger partial charge in [0.25, 0.3) is 23.6 Å². The number of carbonyl (C=O) groups is 4. The van der Waals surface area contributed by atoms with E-state index in [0.29, 0.717) is 22.6 Å². The molecular weight excluding hydrogens is 556 g/mol. The van der Waals surface area contributed by atoms with Gasteiger partial charge < -0.3 is 9.84 Å². The Morgan fingerprint density at radius 1 is 0.659 bits per heavy atom. The zero-order valence-corrected chi connectivity index (χ0v) is 24.8. The maximum absolute atomic E-state index is 13.6. The molecular formula is C36H32N2O6. The second kappa shape index (κ2) is 11.1. The predicted octanol–water partition coefficient (Wildman–Crippen LogP) is 7.54. The molecule has 1 N–H and O–H groups in total. The van der Waals surface area contributed by atoms with Gasteiger partial charge in [0.2, 0.25) is 0 Å². The van der Waals surface area contributed by atoms with Crippen molar-refractivity contribution >= 4 is 35.0 Å². The summed E-state index contributed by atoms with van der Waals surface area (Å²) in [6.07, 6.45) is 3.95. The molecule has 0 aliphatic carbocycles. The summed E-state index contributed by atoms with van der Waals surface area (Å²) >= 11 is 0. The Balaban J connectivity index is 1.26. The number of benzene rings is 4. The van der Waals surface area contributed by atoms with Gasteiger partial charge in [-0.15, -0.1) is 0 Å². The summed E-state index contributed by atoms with van der Waals surface area (Å²) in [5, 5.41) is 9.72. The van der Waals surface area contributed by atoms with E-state index in [1.54, 1.807) is 42.5 Å². The molecule has 1 unspecified atom stereocenters. The van der Waals surface area contributed by atoms with Gasteiger partial charge in [0, 0.05) is 6.07 Å². The van der Waals surface area contributed by atoms with Crippen LogP contribution in [-0.2, 0) is 6.42 Å². The molecule has 6 rings (SSSR count). The Kier molecular flexibility index (Phi) is 7.29. The lowest BCUT2D eigenvalue weighted by Crippen LogP contribution is -2.31. The van der Waals surface area contributed by atoms with Gasteiger partial charge in [0.1, 0.15) is 17.2 Å². The Hall–Kier alpha value is -5.24. The van der Waals surface area contributed by atoms with Crippen LogP contribution in [0.2, 0.25) is 0 Å². The first-order chi connectivity index (χ1) is 21.1. The van der Waals surface area contributed by atoms with Gasteiger partial charge in [0.15, 0.2) is 0 Å². The number of anilines is 2. The number of phenols is 1. The van der Waals surface area contributed by atoms with E-state index >= 15 is 0 Å². The Labute approximate surface area is 255 Å². The second-order valence-corrected chi connectivity index (χ2v) is 11.7. The molecule has 4 amide bonds. The van der Waals surface area contributed by atoms with Crippen molar-refractivity contribution in [3.05, 3.63) is 113 Å². The number of phenolic OH excluding ortho intramolecular Hbond substituents is 1. The van der Waals surface area contributed by atoms with E-state index in [0.717, 1.165) is 41.0 Å². The van der Waals surface area contributed by atoms with Crippen LogP contribution in [0.1, 0.15) is 87.0 Å². The molecule has 8 nitrogen and oxygen atoms in total. The minimum Gasteiger partial charge on any atom is -0.508 e. The van der Waals surface area contributed by atoms with Crippen LogP contribution >= 0.6 is 0 Å². The summed E-state index contributed by atoms with van der Waals surface area (Å²) in [5.41, 5.74) is 2.67. The fourth-order valence-electron chi connectivity index (χ4n) is 6.09. The van der Waals surface area contributed by atoms with Crippen LogP contribution in [0.4, 0.5) is 11.4 Å². The average molecular weight is 589 g/mol. The van der Waals surface area contributed by atoms with E-state index in [-0.39, 0.29) is 33.7 Å².